The van der Waals surface area contributed by atoms with E-state index in [1.165, 1.54) is 26.4 Å². The van der Waals surface area contributed by atoms with E-state index in [0.717, 1.165) is 23.8 Å². The van der Waals surface area contributed by atoms with Crippen molar-refractivity contribution >= 4 is 17.3 Å². The van der Waals surface area contributed by atoms with E-state index in [4.69, 9.17) is 4.74 Å². The van der Waals surface area contributed by atoms with Crippen LogP contribution < -0.4 is 15.0 Å². The smallest absolute Gasteiger partial charge is 0.276 e. The first-order valence-electron chi connectivity index (χ1n) is 8.29. The summed E-state index contributed by atoms with van der Waals surface area (Å²) in [6.07, 6.45) is 3.85. The lowest BCUT2D eigenvalue weighted by Crippen LogP contribution is -2.32. The summed E-state index contributed by atoms with van der Waals surface area (Å²) in [4.78, 5) is 14.9. The quantitative estimate of drug-likeness (QED) is 0.936. The molecule has 0 spiro atoms. The zero-order valence-electron chi connectivity index (χ0n) is 13.6. The minimum absolute atomic E-state index is 0.262. The van der Waals surface area contributed by atoms with Crippen LogP contribution in [0, 0.1) is 5.92 Å². The molecule has 2 fully saturated rings. The summed E-state index contributed by atoms with van der Waals surface area (Å²) in [5.41, 5.74) is 2.20. The number of hydrogen-bond acceptors (Lipinski definition) is 5. The van der Waals surface area contributed by atoms with Gasteiger partial charge in [0.1, 0.15) is 0 Å². The minimum atomic E-state index is -0.262. The van der Waals surface area contributed by atoms with E-state index in [2.05, 4.69) is 26.5 Å². The van der Waals surface area contributed by atoms with E-state index < -0.39 is 0 Å². The van der Waals surface area contributed by atoms with E-state index in [9.17, 15) is 4.79 Å². The molecule has 1 aromatic heterocycles. The number of carbonyl (C=O) groups excluding carboxylic acids is 1. The van der Waals surface area contributed by atoms with Crippen molar-refractivity contribution in [3.8, 4) is 5.88 Å². The van der Waals surface area contributed by atoms with Crippen LogP contribution in [-0.4, -0.2) is 35.8 Å². The fraction of sp³-hybridized carbons (Fsp3) is 0.389. The van der Waals surface area contributed by atoms with Crippen LogP contribution in [0.25, 0.3) is 0 Å². The number of benzene rings is 1. The Morgan fingerprint density at radius 2 is 2.08 bits per heavy atom. The monoisotopic (exact) mass is 324 g/mol. The minimum Gasteiger partial charge on any atom is -0.480 e. The largest absolute Gasteiger partial charge is 0.480 e. The Morgan fingerprint density at radius 3 is 2.75 bits per heavy atom. The molecule has 1 aromatic carbocycles. The molecule has 2 heterocycles. The molecule has 24 heavy (non-hydrogen) atoms. The molecule has 0 radical (unpaired) electrons. The van der Waals surface area contributed by atoms with Gasteiger partial charge in [-0.05, 0) is 43.4 Å². The standard InChI is InChI=1S/C18H20N4O2/c1-24-17-9-8-15(20-21-17)18(23)19-14-4-2-3-5-16(14)22-11-12-6-7-13(22)10-12/h2-5,8-9,12-13H,6-7,10-11H2,1H3,(H,19,23). The van der Waals surface area contributed by atoms with Crippen LogP contribution in [0.1, 0.15) is 29.8 Å². The summed E-state index contributed by atoms with van der Waals surface area (Å²) in [5, 5.41) is 10.7. The van der Waals surface area contributed by atoms with Gasteiger partial charge in [0.25, 0.3) is 5.91 Å². The molecule has 1 aliphatic heterocycles. The van der Waals surface area contributed by atoms with Crippen LogP contribution in [0.2, 0.25) is 0 Å². The molecule has 2 atom stereocenters. The van der Waals surface area contributed by atoms with Crippen molar-refractivity contribution in [2.45, 2.75) is 25.3 Å². The first kappa shape index (κ1) is 14.9. The van der Waals surface area contributed by atoms with Crippen molar-refractivity contribution < 1.29 is 9.53 Å². The second-order valence-electron chi connectivity index (χ2n) is 6.42. The Bertz CT molecular complexity index is 747. The van der Waals surface area contributed by atoms with Crippen molar-refractivity contribution in [2.24, 2.45) is 5.92 Å². The number of ether oxygens (including phenoxy) is 1. The Morgan fingerprint density at radius 1 is 1.21 bits per heavy atom. The fourth-order valence-corrected chi connectivity index (χ4v) is 3.79. The summed E-state index contributed by atoms with van der Waals surface area (Å²) < 4.78 is 4.97. The van der Waals surface area contributed by atoms with E-state index in [1.54, 1.807) is 12.1 Å². The van der Waals surface area contributed by atoms with Gasteiger partial charge < -0.3 is 15.0 Å². The van der Waals surface area contributed by atoms with E-state index >= 15 is 0 Å². The summed E-state index contributed by atoms with van der Waals surface area (Å²) >= 11 is 0. The van der Waals surface area contributed by atoms with Gasteiger partial charge >= 0.3 is 0 Å². The van der Waals surface area contributed by atoms with Gasteiger partial charge in [-0.2, -0.15) is 0 Å². The van der Waals surface area contributed by atoms with Gasteiger partial charge in [0.2, 0.25) is 5.88 Å². The number of carbonyl (C=O) groups is 1. The maximum Gasteiger partial charge on any atom is 0.276 e. The molecule has 1 N–H and O–H groups in total. The lowest BCUT2D eigenvalue weighted by Gasteiger charge is -2.30. The average molecular weight is 324 g/mol. The number of piperidine rings is 1. The van der Waals surface area contributed by atoms with Crippen LogP contribution in [0.15, 0.2) is 36.4 Å². The zero-order chi connectivity index (χ0) is 16.5. The highest BCUT2D eigenvalue weighted by Gasteiger charge is 2.38. The molecule has 2 aliphatic rings. The van der Waals surface area contributed by atoms with Gasteiger partial charge in [-0.3, -0.25) is 4.79 Å². The molecular weight excluding hydrogens is 304 g/mol. The third-order valence-corrected chi connectivity index (χ3v) is 4.95. The highest BCUT2D eigenvalue weighted by Crippen LogP contribution is 2.42. The summed E-state index contributed by atoms with van der Waals surface area (Å²) in [6.45, 7) is 1.08. The molecule has 1 saturated carbocycles. The first-order valence-corrected chi connectivity index (χ1v) is 8.29. The number of fused-ring (bicyclic) bond motifs is 2. The molecule has 1 saturated heterocycles. The van der Waals surface area contributed by atoms with Crippen molar-refractivity contribution in [2.75, 3.05) is 23.9 Å². The third kappa shape index (κ3) is 2.68. The predicted molar refractivity (Wildman–Crippen MR) is 91.5 cm³/mol. The molecule has 6 heteroatoms. The molecule has 124 valence electrons. The van der Waals surface area contributed by atoms with Crippen molar-refractivity contribution in [3.63, 3.8) is 0 Å². The molecular formula is C18H20N4O2. The predicted octanol–water partition coefficient (Wildman–Crippen LogP) is 2.73. The second-order valence-corrected chi connectivity index (χ2v) is 6.42. The van der Waals surface area contributed by atoms with Crippen LogP contribution >= 0.6 is 0 Å². The van der Waals surface area contributed by atoms with Crippen molar-refractivity contribution in [1.29, 1.82) is 0 Å². The molecule has 2 aromatic rings. The van der Waals surface area contributed by atoms with Gasteiger partial charge in [0.15, 0.2) is 5.69 Å². The highest BCUT2D eigenvalue weighted by molar-refractivity contribution is 6.04. The summed E-state index contributed by atoms with van der Waals surface area (Å²) in [5.74, 6) is 0.924. The number of aromatic nitrogens is 2. The Kier molecular flexibility index (Phi) is 3.80. The van der Waals surface area contributed by atoms with Crippen molar-refractivity contribution in [1.82, 2.24) is 10.2 Å². The van der Waals surface area contributed by atoms with Crippen LogP contribution in [0.5, 0.6) is 5.88 Å². The van der Waals surface area contributed by atoms with Crippen molar-refractivity contribution in [3.05, 3.63) is 42.1 Å². The fourth-order valence-electron chi connectivity index (χ4n) is 3.79. The topological polar surface area (TPSA) is 67.3 Å². The molecule has 2 bridgehead atoms. The Balaban J connectivity index is 1.55. The molecule has 6 nitrogen and oxygen atoms in total. The van der Waals surface area contributed by atoms with E-state index in [0.29, 0.717) is 11.9 Å². The lowest BCUT2D eigenvalue weighted by atomic mass is 10.1. The molecule has 4 rings (SSSR count). The number of rotatable bonds is 4. The zero-order valence-corrected chi connectivity index (χ0v) is 13.6. The van der Waals surface area contributed by atoms with Gasteiger partial charge in [-0.15, -0.1) is 10.2 Å². The Labute approximate surface area is 140 Å². The maximum absolute atomic E-state index is 12.5. The van der Waals surface area contributed by atoms with E-state index in [1.807, 2.05) is 18.2 Å². The van der Waals surface area contributed by atoms with Gasteiger partial charge in [0.05, 0.1) is 18.5 Å². The molecule has 1 amide bonds. The highest BCUT2D eigenvalue weighted by atomic mass is 16.5. The number of methoxy groups -OCH3 is 1. The van der Waals surface area contributed by atoms with Crippen LogP contribution in [-0.2, 0) is 0 Å². The summed E-state index contributed by atoms with van der Waals surface area (Å²) in [7, 11) is 1.52. The second kappa shape index (κ2) is 6.11. The SMILES string of the molecule is COc1ccc(C(=O)Nc2ccccc2N2CC3CCC2C3)nn1. The van der Waals surface area contributed by atoms with Crippen LogP contribution in [0.4, 0.5) is 11.4 Å². The number of nitrogens with one attached hydrogen (secondary N) is 1. The first-order chi connectivity index (χ1) is 11.7. The van der Waals surface area contributed by atoms with Gasteiger partial charge in [-0.1, -0.05) is 12.1 Å². The number of hydrogen-bond donors (Lipinski definition) is 1. The number of para-hydroxylation sites is 2. The molecule has 2 unspecified atom stereocenters. The summed E-state index contributed by atoms with van der Waals surface area (Å²) in [6, 6.07) is 11.8. The number of anilines is 2. The van der Waals surface area contributed by atoms with Crippen LogP contribution in [0.3, 0.4) is 0 Å². The number of nitrogens with zero attached hydrogens (tertiary/aromatic N) is 3. The van der Waals surface area contributed by atoms with Gasteiger partial charge in [-0.25, -0.2) is 0 Å². The lowest BCUT2D eigenvalue weighted by molar-refractivity contribution is 0.102. The number of amides is 1. The normalized spacial score (nSPS) is 21.8. The maximum atomic E-state index is 12.5. The Hall–Kier alpha value is -2.63. The molecule has 1 aliphatic carbocycles. The van der Waals surface area contributed by atoms with E-state index in [-0.39, 0.29) is 11.6 Å². The average Bonchev–Trinajstić information content (AvgIpc) is 3.25. The third-order valence-electron chi connectivity index (χ3n) is 4.95. The van der Waals surface area contributed by atoms with Gasteiger partial charge in [0, 0.05) is 18.7 Å².